The average molecular weight is 443 g/mol. The Hall–Kier alpha value is -3.29. The predicted octanol–water partition coefficient (Wildman–Crippen LogP) is 4.58. The summed E-state index contributed by atoms with van der Waals surface area (Å²) in [5, 5.41) is 4.39. The van der Waals surface area contributed by atoms with Gasteiger partial charge in [0.1, 0.15) is 12.9 Å². The van der Waals surface area contributed by atoms with Crippen LogP contribution in [0.2, 0.25) is 10.0 Å². The van der Waals surface area contributed by atoms with Gasteiger partial charge in [-0.2, -0.15) is 4.98 Å². The van der Waals surface area contributed by atoms with Crippen LogP contribution in [0.25, 0.3) is 22.2 Å². The fraction of sp³-hybridized carbons (Fsp3) is 0.0952. The van der Waals surface area contributed by atoms with Gasteiger partial charge in [-0.1, -0.05) is 35.3 Å². The molecule has 0 spiro atoms. The maximum atomic E-state index is 13.1. The van der Waals surface area contributed by atoms with Gasteiger partial charge in [-0.3, -0.25) is 4.79 Å². The molecule has 9 heteroatoms. The van der Waals surface area contributed by atoms with Crippen molar-refractivity contribution in [2.75, 3.05) is 19.5 Å². The highest BCUT2D eigenvalue weighted by molar-refractivity contribution is 6.39. The van der Waals surface area contributed by atoms with Crippen molar-refractivity contribution in [3.05, 3.63) is 75.1 Å². The number of rotatable bonds is 5. The first-order valence-electron chi connectivity index (χ1n) is 8.84. The molecule has 0 fully saturated rings. The molecule has 0 unspecified atom stereocenters. The Morgan fingerprint density at radius 3 is 2.47 bits per heavy atom. The Bertz CT molecular complexity index is 1290. The molecule has 0 atom stereocenters. The summed E-state index contributed by atoms with van der Waals surface area (Å²) in [5.41, 5.74) is 1.31. The van der Waals surface area contributed by atoms with Crippen molar-refractivity contribution in [1.82, 2.24) is 14.7 Å². The first-order chi connectivity index (χ1) is 14.5. The lowest BCUT2D eigenvalue weighted by Crippen LogP contribution is -2.27. The van der Waals surface area contributed by atoms with Crippen molar-refractivity contribution in [2.24, 2.45) is 0 Å². The lowest BCUT2D eigenvalue weighted by Gasteiger charge is -2.13. The van der Waals surface area contributed by atoms with Crippen LogP contribution >= 0.6 is 23.2 Å². The normalized spacial score (nSPS) is 10.8. The molecule has 2 aromatic carbocycles. The fourth-order valence-corrected chi connectivity index (χ4v) is 3.66. The number of nitrogens with one attached hydrogen (secondary N) is 1. The Kier molecular flexibility index (Phi) is 5.48. The van der Waals surface area contributed by atoms with E-state index in [1.54, 1.807) is 43.6 Å². The highest BCUT2D eigenvalue weighted by Crippen LogP contribution is 2.33. The highest BCUT2D eigenvalue weighted by Gasteiger charge is 2.18. The molecule has 0 radical (unpaired) electrons. The second-order valence-electron chi connectivity index (χ2n) is 6.27. The molecule has 30 heavy (non-hydrogen) atoms. The van der Waals surface area contributed by atoms with Gasteiger partial charge in [0.25, 0.3) is 5.56 Å². The Balaban J connectivity index is 1.84. The van der Waals surface area contributed by atoms with Gasteiger partial charge in [0, 0.05) is 28.9 Å². The van der Waals surface area contributed by atoms with Crippen molar-refractivity contribution in [3.63, 3.8) is 0 Å². The summed E-state index contributed by atoms with van der Waals surface area (Å²) >= 11 is 12.6. The van der Waals surface area contributed by atoms with E-state index in [9.17, 15) is 4.79 Å². The van der Waals surface area contributed by atoms with Gasteiger partial charge in [0.15, 0.2) is 5.65 Å². The van der Waals surface area contributed by atoms with Crippen LogP contribution in [-0.2, 0) is 0 Å². The summed E-state index contributed by atoms with van der Waals surface area (Å²) in [6.07, 6.45) is 1.59. The quantitative estimate of drug-likeness (QED) is 0.487. The molecule has 4 aromatic rings. The molecule has 0 amide bonds. The van der Waals surface area contributed by atoms with E-state index in [4.69, 9.17) is 32.8 Å². The summed E-state index contributed by atoms with van der Waals surface area (Å²) in [5.74, 6) is 0.986. The van der Waals surface area contributed by atoms with E-state index in [0.29, 0.717) is 38.3 Å². The minimum Gasteiger partial charge on any atom is -0.497 e. The molecule has 2 heterocycles. The highest BCUT2D eigenvalue weighted by atomic mass is 35.5. The van der Waals surface area contributed by atoms with E-state index >= 15 is 0 Å². The van der Waals surface area contributed by atoms with E-state index in [-0.39, 0.29) is 5.56 Å². The first-order valence-corrected chi connectivity index (χ1v) is 9.60. The van der Waals surface area contributed by atoms with Crippen molar-refractivity contribution in [3.8, 4) is 16.9 Å². The van der Waals surface area contributed by atoms with Gasteiger partial charge in [-0.15, -0.1) is 4.73 Å². The second kappa shape index (κ2) is 8.22. The zero-order chi connectivity index (χ0) is 21.3. The van der Waals surface area contributed by atoms with Crippen LogP contribution in [-0.4, -0.2) is 28.9 Å². The second-order valence-corrected chi connectivity index (χ2v) is 7.08. The van der Waals surface area contributed by atoms with Crippen LogP contribution in [0.4, 0.5) is 11.6 Å². The minimum absolute atomic E-state index is 0.289. The zero-order valence-corrected chi connectivity index (χ0v) is 17.5. The van der Waals surface area contributed by atoms with E-state index < -0.39 is 5.56 Å². The van der Waals surface area contributed by atoms with Gasteiger partial charge in [-0.05, 0) is 30.3 Å². The van der Waals surface area contributed by atoms with Crippen molar-refractivity contribution >= 4 is 45.9 Å². The molecular weight excluding hydrogens is 427 g/mol. The molecular formula is C21H16Cl2N4O3. The largest absolute Gasteiger partial charge is 0.497 e. The molecule has 1 N–H and O–H groups in total. The number of hydrogen-bond acceptors (Lipinski definition) is 6. The molecule has 7 nitrogen and oxygen atoms in total. The standard InChI is InChI=1S/C21H16Cl2N4O3/c1-29-14-6-3-5-13(10-14)25-21-24-11-12-9-15(18-16(22)7-4-8-17(18)23)20(28)27(30-2)19(12)26-21/h3-11H,1-2H3,(H,24,25,26). The molecule has 152 valence electrons. The molecule has 0 bridgehead atoms. The summed E-state index contributed by atoms with van der Waals surface area (Å²) in [7, 11) is 2.97. The smallest absolute Gasteiger partial charge is 0.293 e. The van der Waals surface area contributed by atoms with Crippen LogP contribution in [0.5, 0.6) is 5.75 Å². The van der Waals surface area contributed by atoms with E-state index in [2.05, 4.69) is 15.3 Å². The van der Waals surface area contributed by atoms with Crippen LogP contribution in [0.15, 0.2) is 59.5 Å². The molecule has 0 aliphatic rings. The number of ether oxygens (including phenoxy) is 1. The van der Waals surface area contributed by atoms with E-state index in [1.807, 2.05) is 18.2 Å². The monoisotopic (exact) mass is 442 g/mol. The zero-order valence-electron chi connectivity index (χ0n) is 16.0. The maximum Gasteiger partial charge on any atom is 0.293 e. The van der Waals surface area contributed by atoms with Gasteiger partial charge >= 0.3 is 0 Å². The van der Waals surface area contributed by atoms with Crippen LogP contribution in [0.1, 0.15) is 0 Å². The maximum absolute atomic E-state index is 13.1. The number of halogens is 2. The summed E-state index contributed by atoms with van der Waals surface area (Å²) < 4.78 is 6.31. The third-order valence-corrected chi connectivity index (χ3v) is 5.07. The number of fused-ring (bicyclic) bond motifs is 1. The SMILES string of the molecule is COc1cccc(Nc2ncc3cc(-c4c(Cl)cccc4Cl)c(=O)n(OC)c3n2)c1. The molecule has 0 aliphatic carbocycles. The van der Waals surface area contributed by atoms with Crippen molar-refractivity contribution in [2.45, 2.75) is 0 Å². The fourth-order valence-electron chi connectivity index (χ4n) is 3.06. The van der Waals surface area contributed by atoms with E-state index in [0.717, 1.165) is 10.4 Å². The number of pyridine rings is 1. The predicted molar refractivity (Wildman–Crippen MR) is 118 cm³/mol. The minimum atomic E-state index is -0.439. The number of hydrogen-bond donors (Lipinski definition) is 1. The lowest BCUT2D eigenvalue weighted by molar-refractivity contribution is 0.168. The van der Waals surface area contributed by atoms with Crippen LogP contribution < -0.4 is 20.5 Å². The third kappa shape index (κ3) is 3.65. The van der Waals surface area contributed by atoms with Crippen molar-refractivity contribution < 1.29 is 9.57 Å². The molecule has 0 saturated carbocycles. The topological polar surface area (TPSA) is 78.3 Å². The van der Waals surface area contributed by atoms with Gasteiger partial charge in [-0.25, -0.2) is 4.98 Å². The summed E-state index contributed by atoms with van der Waals surface area (Å²) in [6, 6.07) is 14.0. The number of benzene rings is 2. The van der Waals surface area contributed by atoms with Crippen LogP contribution in [0.3, 0.4) is 0 Å². The first kappa shape index (κ1) is 20.0. The molecule has 0 aliphatic heterocycles. The Morgan fingerprint density at radius 2 is 1.77 bits per heavy atom. The molecule has 4 rings (SSSR count). The number of nitrogens with zero attached hydrogens (tertiary/aromatic N) is 3. The summed E-state index contributed by atoms with van der Waals surface area (Å²) in [4.78, 5) is 27.2. The number of methoxy groups -OCH3 is 1. The lowest BCUT2D eigenvalue weighted by atomic mass is 10.1. The Labute approximate surface area is 181 Å². The Morgan fingerprint density at radius 1 is 1.03 bits per heavy atom. The summed E-state index contributed by atoms with van der Waals surface area (Å²) in [6.45, 7) is 0. The van der Waals surface area contributed by atoms with Gasteiger partial charge < -0.3 is 14.9 Å². The average Bonchev–Trinajstić information content (AvgIpc) is 2.74. The van der Waals surface area contributed by atoms with E-state index in [1.165, 1.54) is 7.11 Å². The number of aromatic nitrogens is 3. The van der Waals surface area contributed by atoms with Crippen molar-refractivity contribution in [1.29, 1.82) is 0 Å². The van der Waals surface area contributed by atoms with Gasteiger partial charge in [0.05, 0.1) is 22.7 Å². The van der Waals surface area contributed by atoms with Crippen LogP contribution in [0, 0.1) is 0 Å². The number of anilines is 2. The van der Waals surface area contributed by atoms with Gasteiger partial charge in [0.2, 0.25) is 5.95 Å². The molecule has 0 saturated heterocycles. The third-order valence-electron chi connectivity index (χ3n) is 4.44. The molecule has 2 aromatic heterocycles.